The maximum Gasteiger partial charge on any atom is 0.0715 e. The molecule has 1 N–H and O–H groups in total. The van der Waals surface area contributed by atoms with E-state index >= 15 is 0 Å². The van der Waals surface area contributed by atoms with Crippen LogP contribution in [-0.4, -0.2) is 11.5 Å². The molecule has 0 aliphatic carbocycles. The van der Waals surface area contributed by atoms with Crippen LogP contribution in [0.3, 0.4) is 0 Å². The van der Waals surface area contributed by atoms with Crippen molar-refractivity contribution in [3.8, 4) is 55.9 Å². The Morgan fingerprint density at radius 1 is 0.405 bits per heavy atom. The highest BCUT2D eigenvalue weighted by atomic mass is 14.9. The Morgan fingerprint density at radius 2 is 0.833 bits per heavy atom. The first-order valence-electron chi connectivity index (χ1n) is 14.4. The summed E-state index contributed by atoms with van der Waals surface area (Å²) >= 11 is 0. The summed E-state index contributed by atoms with van der Waals surface area (Å²) in [7, 11) is 0. The van der Waals surface area contributed by atoms with E-state index in [4.69, 9.17) is 4.98 Å². The predicted octanol–water partition coefficient (Wildman–Crippen LogP) is 9.92. The van der Waals surface area contributed by atoms with E-state index in [1.165, 1.54) is 27.8 Å². The lowest BCUT2D eigenvalue weighted by Crippen LogP contribution is -2.14. The molecule has 6 aromatic rings. The van der Waals surface area contributed by atoms with Gasteiger partial charge >= 0.3 is 0 Å². The number of aromatic nitrogens is 1. The van der Waals surface area contributed by atoms with Crippen molar-refractivity contribution in [1.29, 1.82) is 0 Å². The van der Waals surface area contributed by atoms with E-state index in [2.05, 4.69) is 157 Å². The third kappa shape index (κ3) is 5.43. The van der Waals surface area contributed by atoms with Crippen molar-refractivity contribution in [2.45, 2.75) is 0 Å². The lowest BCUT2D eigenvalue weighted by molar-refractivity contribution is 0.996. The van der Waals surface area contributed by atoms with Crippen LogP contribution in [0, 0.1) is 0 Å². The molecule has 0 spiro atoms. The number of hydrogen-bond acceptors (Lipinski definition) is 2. The van der Waals surface area contributed by atoms with Crippen LogP contribution in [0.4, 0.5) is 0 Å². The Hall–Kier alpha value is -5.47. The zero-order valence-electron chi connectivity index (χ0n) is 23.2. The largest absolute Gasteiger partial charge is 0.381 e. The minimum Gasteiger partial charge on any atom is -0.381 e. The summed E-state index contributed by atoms with van der Waals surface area (Å²) in [5.74, 6) is 0. The maximum atomic E-state index is 5.10. The quantitative estimate of drug-likeness (QED) is 0.228. The van der Waals surface area contributed by atoms with E-state index in [9.17, 15) is 0 Å². The molecule has 200 valence electrons. The number of hydrogen-bond donors (Lipinski definition) is 1. The molecule has 1 aliphatic heterocycles. The average Bonchev–Trinajstić information content (AvgIpc) is 3.09. The first-order valence-corrected chi connectivity index (χ1v) is 14.4. The summed E-state index contributed by atoms with van der Waals surface area (Å²) in [6.07, 6.45) is 6.36. The first kappa shape index (κ1) is 25.5. The molecule has 0 unspecified atom stereocenters. The first-order chi connectivity index (χ1) is 20.8. The van der Waals surface area contributed by atoms with Crippen molar-refractivity contribution < 1.29 is 0 Å². The SMILES string of the molecule is C1=CCNC(c2ccc(-c3cc(-c4ccccc4)cc(-c4cc(-c5ccccc5)nc(-c5ccccc5)c4)c3)cc2)=C1. The molecule has 2 heterocycles. The van der Waals surface area contributed by atoms with Gasteiger partial charge in [0.05, 0.1) is 11.4 Å². The van der Waals surface area contributed by atoms with Crippen LogP contribution in [0.1, 0.15) is 5.56 Å². The van der Waals surface area contributed by atoms with Crippen LogP contribution < -0.4 is 5.32 Å². The van der Waals surface area contributed by atoms with Gasteiger partial charge in [-0.25, -0.2) is 4.98 Å². The molecule has 5 aromatic carbocycles. The number of dihydropyridines is 1. The van der Waals surface area contributed by atoms with Gasteiger partial charge in [0, 0.05) is 23.4 Å². The Morgan fingerprint density at radius 3 is 1.33 bits per heavy atom. The van der Waals surface area contributed by atoms with Crippen molar-refractivity contribution in [3.05, 3.63) is 169 Å². The zero-order chi connectivity index (χ0) is 28.1. The number of pyridine rings is 1. The minimum atomic E-state index is 0.859. The molecule has 0 fully saturated rings. The highest BCUT2D eigenvalue weighted by Gasteiger charge is 2.13. The Balaban J connectivity index is 1.38. The summed E-state index contributed by atoms with van der Waals surface area (Å²) in [5.41, 5.74) is 13.5. The predicted molar refractivity (Wildman–Crippen MR) is 177 cm³/mol. The average molecular weight is 539 g/mol. The van der Waals surface area contributed by atoms with E-state index in [0.29, 0.717) is 0 Å². The van der Waals surface area contributed by atoms with Gasteiger partial charge < -0.3 is 5.32 Å². The summed E-state index contributed by atoms with van der Waals surface area (Å²) in [4.78, 5) is 5.10. The molecular weight excluding hydrogens is 508 g/mol. The van der Waals surface area contributed by atoms with Crippen LogP contribution in [0.5, 0.6) is 0 Å². The molecule has 0 radical (unpaired) electrons. The van der Waals surface area contributed by atoms with Crippen LogP contribution in [-0.2, 0) is 0 Å². The highest BCUT2D eigenvalue weighted by Crippen LogP contribution is 2.36. The molecule has 0 atom stereocenters. The molecule has 0 saturated carbocycles. The molecule has 1 aromatic heterocycles. The lowest BCUT2D eigenvalue weighted by Gasteiger charge is -2.15. The van der Waals surface area contributed by atoms with Crippen LogP contribution in [0.15, 0.2) is 164 Å². The van der Waals surface area contributed by atoms with Gasteiger partial charge in [-0.3, -0.25) is 0 Å². The lowest BCUT2D eigenvalue weighted by atomic mass is 9.92. The number of benzene rings is 5. The molecule has 0 saturated heterocycles. The fourth-order valence-electron chi connectivity index (χ4n) is 5.47. The topological polar surface area (TPSA) is 24.9 Å². The monoisotopic (exact) mass is 538 g/mol. The van der Waals surface area contributed by atoms with Crippen LogP contribution in [0.25, 0.3) is 61.6 Å². The molecule has 1 aliphatic rings. The zero-order valence-corrected chi connectivity index (χ0v) is 23.2. The van der Waals surface area contributed by atoms with Gasteiger partial charge in [0.2, 0.25) is 0 Å². The van der Waals surface area contributed by atoms with Crippen molar-refractivity contribution in [2.24, 2.45) is 0 Å². The van der Waals surface area contributed by atoms with E-state index in [1.54, 1.807) is 0 Å². The number of nitrogens with zero attached hydrogens (tertiary/aromatic N) is 1. The third-order valence-corrected chi connectivity index (χ3v) is 7.68. The van der Waals surface area contributed by atoms with E-state index in [-0.39, 0.29) is 0 Å². The second-order valence-electron chi connectivity index (χ2n) is 10.5. The fraction of sp³-hybridized carbons (Fsp3) is 0.0250. The molecule has 0 amide bonds. The minimum absolute atomic E-state index is 0.859. The maximum absolute atomic E-state index is 5.10. The van der Waals surface area contributed by atoms with Crippen LogP contribution >= 0.6 is 0 Å². The van der Waals surface area contributed by atoms with Gasteiger partial charge in [0.1, 0.15) is 0 Å². The highest BCUT2D eigenvalue weighted by molar-refractivity contribution is 5.84. The van der Waals surface area contributed by atoms with E-state index < -0.39 is 0 Å². The van der Waals surface area contributed by atoms with Gasteiger partial charge in [-0.1, -0.05) is 127 Å². The molecule has 2 nitrogen and oxygen atoms in total. The Kier molecular flexibility index (Phi) is 7.02. The number of allylic oxidation sites excluding steroid dienone is 2. The summed E-state index contributed by atoms with van der Waals surface area (Å²) in [6.45, 7) is 0.859. The van der Waals surface area contributed by atoms with Gasteiger partial charge in [-0.15, -0.1) is 0 Å². The third-order valence-electron chi connectivity index (χ3n) is 7.68. The summed E-state index contributed by atoms with van der Waals surface area (Å²) in [6, 6.07) is 51.7. The Labute approximate surface area is 247 Å². The van der Waals surface area contributed by atoms with Crippen molar-refractivity contribution >= 4 is 5.70 Å². The second kappa shape index (κ2) is 11.6. The van der Waals surface area contributed by atoms with Gasteiger partial charge in [-0.2, -0.15) is 0 Å². The normalized spacial score (nSPS) is 12.4. The molecular formula is C40H30N2. The van der Waals surface area contributed by atoms with Crippen molar-refractivity contribution in [3.63, 3.8) is 0 Å². The smallest absolute Gasteiger partial charge is 0.0715 e. The standard InChI is InChI=1S/C40H30N2/c1-4-12-29(13-5-1)34-24-35(30-19-21-33(22-20-30)38-18-10-11-23-41-38)26-36(25-34)37-27-39(31-14-6-2-7-15-31)42-40(28-37)32-16-8-3-9-17-32/h1-22,24-28,41H,23H2. The van der Waals surface area contributed by atoms with E-state index in [0.717, 1.165) is 45.9 Å². The molecule has 7 rings (SSSR count). The fourth-order valence-corrected chi connectivity index (χ4v) is 5.47. The van der Waals surface area contributed by atoms with Gasteiger partial charge in [-0.05, 0) is 75.4 Å². The van der Waals surface area contributed by atoms with Crippen LogP contribution in [0.2, 0.25) is 0 Å². The number of rotatable bonds is 6. The van der Waals surface area contributed by atoms with Crippen molar-refractivity contribution in [1.82, 2.24) is 10.3 Å². The van der Waals surface area contributed by atoms with E-state index in [1.807, 2.05) is 12.1 Å². The molecule has 42 heavy (non-hydrogen) atoms. The van der Waals surface area contributed by atoms with Gasteiger partial charge in [0.15, 0.2) is 0 Å². The van der Waals surface area contributed by atoms with Gasteiger partial charge in [0.25, 0.3) is 0 Å². The second-order valence-corrected chi connectivity index (χ2v) is 10.5. The molecule has 2 heteroatoms. The Bertz CT molecular complexity index is 1830. The number of nitrogens with one attached hydrogen (secondary N) is 1. The summed E-state index contributed by atoms with van der Waals surface area (Å²) < 4.78 is 0. The summed E-state index contributed by atoms with van der Waals surface area (Å²) in [5, 5.41) is 3.46. The van der Waals surface area contributed by atoms with Crippen molar-refractivity contribution in [2.75, 3.05) is 6.54 Å². The molecule has 0 bridgehead atoms.